The predicted molar refractivity (Wildman–Crippen MR) is 136 cm³/mol. The van der Waals surface area contributed by atoms with E-state index in [-0.39, 0.29) is 0 Å². The molecule has 33 heavy (non-hydrogen) atoms. The monoisotopic (exact) mass is 457 g/mol. The normalized spacial score (nSPS) is 20.2. The molecule has 0 bridgehead atoms. The zero-order valence-corrected chi connectivity index (χ0v) is 20.0. The summed E-state index contributed by atoms with van der Waals surface area (Å²) in [5.41, 5.74) is 6.70. The molecule has 1 fully saturated rings. The van der Waals surface area contributed by atoms with Crippen molar-refractivity contribution in [3.05, 3.63) is 101 Å². The van der Waals surface area contributed by atoms with Crippen molar-refractivity contribution in [1.82, 2.24) is 14.8 Å². The molecule has 4 nitrogen and oxygen atoms in total. The van der Waals surface area contributed by atoms with Crippen LogP contribution >= 0.6 is 0 Å². The first-order valence-corrected chi connectivity index (χ1v) is 13.3. The molecular weight excluding hydrogens is 426 g/mol. The lowest BCUT2D eigenvalue weighted by molar-refractivity contribution is 0.117. The fourth-order valence-corrected chi connectivity index (χ4v) is 5.58. The maximum absolute atomic E-state index is 11.6. The molecule has 2 atom stereocenters. The molecule has 0 radical (unpaired) electrons. The standard InChI is InChI=1S/C28H31N3OS/c1-33(32)24-13-10-22(11-14-24)6-5-17-30-18-20-31(21-19-30)28-25-8-3-2-7-23(25)12-15-27-26(28)9-4-16-29-27/h2-11,13-14,16,28H,12,15,17-21H2,1H3/b6-5+. The molecule has 2 unspecified atom stereocenters. The molecule has 2 heterocycles. The SMILES string of the molecule is CS(=O)c1ccc(/C=C/CN2CCN(C3c4ccccc4CCc4ncccc43)CC2)cc1. The summed E-state index contributed by atoms with van der Waals surface area (Å²) in [6, 6.07) is 21.6. The van der Waals surface area contributed by atoms with Gasteiger partial charge in [0, 0.05) is 66.6 Å². The van der Waals surface area contributed by atoms with Gasteiger partial charge in [0.05, 0.1) is 6.04 Å². The van der Waals surface area contributed by atoms with Gasteiger partial charge in [0.25, 0.3) is 0 Å². The van der Waals surface area contributed by atoms with Gasteiger partial charge in [0.15, 0.2) is 0 Å². The number of benzene rings is 2. The number of rotatable bonds is 5. The Morgan fingerprint density at radius 1 is 0.939 bits per heavy atom. The third-order valence-electron chi connectivity index (χ3n) is 6.86. The Morgan fingerprint density at radius 2 is 1.70 bits per heavy atom. The van der Waals surface area contributed by atoms with Crippen LogP contribution in [0.25, 0.3) is 6.08 Å². The van der Waals surface area contributed by atoms with E-state index in [2.05, 4.69) is 58.4 Å². The van der Waals surface area contributed by atoms with E-state index in [0.717, 1.165) is 56.0 Å². The first-order valence-electron chi connectivity index (χ1n) is 11.8. The van der Waals surface area contributed by atoms with Crippen LogP contribution < -0.4 is 0 Å². The van der Waals surface area contributed by atoms with E-state index in [4.69, 9.17) is 4.98 Å². The zero-order valence-electron chi connectivity index (χ0n) is 19.2. The molecule has 2 aliphatic rings. The van der Waals surface area contributed by atoms with E-state index in [9.17, 15) is 4.21 Å². The van der Waals surface area contributed by atoms with Gasteiger partial charge in [0.2, 0.25) is 0 Å². The Bertz CT molecular complexity index is 1100. The molecule has 1 aliphatic heterocycles. The molecule has 0 N–H and O–H groups in total. The molecule has 1 saturated heterocycles. The maximum Gasteiger partial charge on any atom is 0.0623 e. The van der Waals surface area contributed by atoms with Crippen LogP contribution in [0.5, 0.6) is 0 Å². The van der Waals surface area contributed by atoms with E-state index < -0.39 is 10.8 Å². The number of piperazine rings is 1. The molecule has 5 heteroatoms. The van der Waals surface area contributed by atoms with Crippen molar-refractivity contribution < 1.29 is 4.21 Å². The number of aromatic nitrogens is 1. The van der Waals surface area contributed by atoms with Crippen molar-refractivity contribution in [3.8, 4) is 0 Å². The third kappa shape index (κ3) is 5.01. The number of nitrogens with zero attached hydrogens (tertiary/aromatic N) is 3. The first kappa shape index (κ1) is 22.2. The van der Waals surface area contributed by atoms with Gasteiger partial charge in [-0.15, -0.1) is 0 Å². The number of hydrogen-bond donors (Lipinski definition) is 0. The van der Waals surface area contributed by atoms with E-state index in [0.29, 0.717) is 6.04 Å². The van der Waals surface area contributed by atoms with Gasteiger partial charge in [-0.3, -0.25) is 19.0 Å². The van der Waals surface area contributed by atoms with Gasteiger partial charge in [-0.1, -0.05) is 54.6 Å². The van der Waals surface area contributed by atoms with Crippen molar-refractivity contribution in [3.63, 3.8) is 0 Å². The van der Waals surface area contributed by atoms with Crippen molar-refractivity contribution >= 4 is 16.9 Å². The summed E-state index contributed by atoms with van der Waals surface area (Å²) in [7, 11) is -0.922. The number of pyridine rings is 1. The van der Waals surface area contributed by atoms with Crippen molar-refractivity contribution in [1.29, 1.82) is 0 Å². The quantitative estimate of drug-likeness (QED) is 0.571. The van der Waals surface area contributed by atoms with Gasteiger partial charge in [-0.05, 0) is 53.3 Å². The highest BCUT2D eigenvalue weighted by molar-refractivity contribution is 7.84. The summed E-state index contributed by atoms with van der Waals surface area (Å²) in [6.07, 6.45) is 10.1. The van der Waals surface area contributed by atoms with Gasteiger partial charge < -0.3 is 0 Å². The van der Waals surface area contributed by atoms with E-state index >= 15 is 0 Å². The molecule has 3 aromatic rings. The fourth-order valence-electron chi connectivity index (χ4n) is 5.06. The summed E-state index contributed by atoms with van der Waals surface area (Å²) in [6.45, 7) is 5.18. The summed E-state index contributed by atoms with van der Waals surface area (Å²) in [4.78, 5) is 10.8. The van der Waals surface area contributed by atoms with Crippen molar-refractivity contribution in [2.45, 2.75) is 23.8 Å². The van der Waals surface area contributed by atoms with Crippen LogP contribution in [0.15, 0.2) is 77.8 Å². The summed E-state index contributed by atoms with van der Waals surface area (Å²) in [5, 5.41) is 0. The number of fused-ring (bicyclic) bond motifs is 2. The average molecular weight is 458 g/mol. The van der Waals surface area contributed by atoms with Gasteiger partial charge in [-0.2, -0.15) is 0 Å². The zero-order chi connectivity index (χ0) is 22.6. The Labute approximate surface area is 199 Å². The van der Waals surface area contributed by atoms with Crippen LogP contribution in [0.3, 0.4) is 0 Å². The molecule has 0 spiro atoms. The topological polar surface area (TPSA) is 36.4 Å². The van der Waals surface area contributed by atoms with E-state index in [1.807, 2.05) is 30.5 Å². The van der Waals surface area contributed by atoms with E-state index in [1.165, 1.54) is 22.4 Å². The largest absolute Gasteiger partial charge is 0.297 e. The molecule has 170 valence electrons. The highest BCUT2D eigenvalue weighted by Gasteiger charge is 2.31. The van der Waals surface area contributed by atoms with Gasteiger partial charge >= 0.3 is 0 Å². The highest BCUT2D eigenvalue weighted by Crippen LogP contribution is 2.36. The second-order valence-corrected chi connectivity index (χ2v) is 10.3. The molecule has 1 aromatic heterocycles. The minimum atomic E-state index is -0.922. The Hall–Kier alpha value is -2.60. The van der Waals surface area contributed by atoms with Crippen molar-refractivity contribution in [2.75, 3.05) is 39.0 Å². The molecule has 0 saturated carbocycles. The Balaban J connectivity index is 1.25. The van der Waals surface area contributed by atoms with Crippen LogP contribution in [-0.4, -0.2) is 58.0 Å². The number of aryl methyl sites for hydroxylation is 2. The third-order valence-corrected chi connectivity index (χ3v) is 7.79. The predicted octanol–water partition coefficient (Wildman–Crippen LogP) is 4.34. The minimum Gasteiger partial charge on any atom is -0.297 e. The number of hydrogen-bond acceptors (Lipinski definition) is 4. The Morgan fingerprint density at radius 3 is 2.48 bits per heavy atom. The lowest BCUT2D eigenvalue weighted by atomic mass is 9.94. The smallest absolute Gasteiger partial charge is 0.0623 e. The lowest BCUT2D eigenvalue weighted by Crippen LogP contribution is -2.47. The first-order chi connectivity index (χ1) is 16.2. The second-order valence-electron chi connectivity index (χ2n) is 8.90. The Kier molecular flexibility index (Phi) is 6.81. The molecule has 1 aliphatic carbocycles. The average Bonchev–Trinajstić information content (AvgIpc) is 3.02. The van der Waals surface area contributed by atoms with E-state index in [1.54, 1.807) is 6.26 Å². The summed E-state index contributed by atoms with van der Waals surface area (Å²) >= 11 is 0. The molecule has 5 rings (SSSR count). The lowest BCUT2D eigenvalue weighted by Gasteiger charge is -2.40. The summed E-state index contributed by atoms with van der Waals surface area (Å²) < 4.78 is 11.6. The van der Waals surface area contributed by atoms with Gasteiger partial charge in [-0.25, -0.2) is 0 Å². The van der Waals surface area contributed by atoms with Crippen LogP contribution in [-0.2, 0) is 23.6 Å². The molecular formula is C28H31N3OS. The van der Waals surface area contributed by atoms with Crippen LogP contribution in [0.4, 0.5) is 0 Å². The van der Waals surface area contributed by atoms with Crippen LogP contribution in [0.2, 0.25) is 0 Å². The second kappa shape index (κ2) is 10.1. The van der Waals surface area contributed by atoms with Crippen molar-refractivity contribution in [2.24, 2.45) is 0 Å². The van der Waals surface area contributed by atoms with Gasteiger partial charge in [0.1, 0.15) is 0 Å². The molecule has 0 amide bonds. The van der Waals surface area contributed by atoms with Crippen LogP contribution in [0.1, 0.15) is 34.0 Å². The maximum atomic E-state index is 11.6. The molecule has 2 aromatic carbocycles. The highest BCUT2D eigenvalue weighted by atomic mass is 32.2. The fraction of sp³-hybridized carbons (Fsp3) is 0.321. The minimum absolute atomic E-state index is 0.299. The summed E-state index contributed by atoms with van der Waals surface area (Å²) in [5.74, 6) is 0. The van der Waals surface area contributed by atoms with Crippen LogP contribution in [0, 0.1) is 0 Å².